The van der Waals surface area contributed by atoms with Gasteiger partial charge in [-0.05, 0) is 64.7 Å². The van der Waals surface area contributed by atoms with E-state index in [-0.39, 0.29) is 0 Å². The largest absolute Gasteiger partial charge is 0.455 e. The Balaban J connectivity index is 1.32. The predicted octanol–water partition coefficient (Wildman–Crippen LogP) is 13.0. The van der Waals surface area contributed by atoms with E-state index in [0.29, 0.717) is 5.56 Å². The van der Waals surface area contributed by atoms with Gasteiger partial charge in [0.15, 0.2) is 0 Å². The van der Waals surface area contributed by atoms with E-state index < -0.39 is 0 Å². The lowest BCUT2D eigenvalue weighted by molar-refractivity contribution is 0.673. The Morgan fingerprint density at radius 2 is 1.00 bits per heavy atom. The highest BCUT2D eigenvalue weighted by atomic mass is 16.3. The third kappa shape index (κ3) is 4.16. The smallest absolute Gasteiger partial charge is 0.147 e. The van der Waals surface area contributed by atoms with E-state index in [1.807, 2.05) is 18.2 Å². The summed E-state index contributed by atoms with van der Waals surface area (Å²) in [7, 11) is 0. The molecule has 0 aliphatic rings. The number of hydrogen-bond donors (Lipinski definition) is 0. The van der Waals surface area contributed by atoms with Crippen LogP contribution in [0.3, 0.4) is 0 Å². The number of nitrogens with zero attached hydrogens (tertiary/aromatic N) is 3. The van der Waals surface area contributed by atoms with Crippen molar-refractivity contribution in [3.05, 3.63) is 181 Å². The Kier molecular flexibility index (Phi) is 6.28. The van der Waals surface area contributed by atoms with Crippen molar-refractivity contribution in [2.45, 2.75) is 0 Å². The molecule has 53 heavy (non-hydrogen) atoms. The van der Waals surface area contributed by atoms with E-state index in [1.165, 1.54) is 0 Å². The van der Waals surface area contributed by atoms with Crippen LogP contribution in [-0.2, 0) is 0 Å². The fourth-order valence-corrected chi connectivity index (χ4v) is 8.57. The van der Waals surface area contributed by atoms with E-state index in [9.17, 15) is 5.26 Å². The number of aromatic nitrogens is 2. The zero-order valence-corrected chi connectivity index (χ0v) is 28.5. The topological polar surface area (TPSA) is 46.8 Å². The first-order valence-electron chi connectivity index (χ1n) is 17.8. The molecule has 246 valence electrons. The van der Waals surface area contributed by atoms with Crippen molar-refractivity contribution in [1.29, 1.82) is 5.26 Å². The number of benzene rings is 8. The summed E-state index contributed by atoms with van der Waals surface area (Å²) in [6.45, 7) is 0. The molecule has 0 radical (unpaired) electrons. The zero-order valence-electron chi connectivity index (χ0n) is 28.5. The molecule has 0 amide bonds. The summed E-state index contributed by atoms with van der Waals surface area (Å²) in [5.74, 6) is 0. The molecule has 3 aromatic heterocycles. The van der Waals surface area contributed by atoms with Crippen molar-refractivity contribution in [1.82, 2.24) is 9.13 Å². The average Bonchev–Trinajstić information content (AvgIpc) is 3.89. The third-order valence-electron chi connectivity index (χ3n) is 10.7. The van der Waals surface area contributed by atoms with Gasteiger partial charge in [-0.1, -0.05) is 133 Å². The Morgan fingerprint density at radius 1 is 0.453 bits per heavy atom. The number of fused-ring (bicyclic) bond motifs is 12. The van der Waals surface area contributed by atoms with Gasteiger partial charge >= 0.3 is 0 Å². The molecule has 0 aliphatic heterocycles. The van der Waals surface area contributed by atoms with Gasteiger partial charge in [-0.2, -0.15) is 5.26 Å². The summed E-state index contributed by atoms with van der Waals surface area (Å²) in [6.07, 6.45) is 0. The maximum Gasteiger partial charge on any atom is 0.147 e. The minimum atomic E-state index is 0.595. The molecule has 0 saturated carbocycles. The molecule has 0 bridgehead atoms. The monoisotopic (exact) mass is 675 g/mol. The van der Waals surface area contributed by atoms with Crippen LogP contribution in [0.1, 0.15) is 5.56 Å². The van der Waals surface area contributed by atoms with E-state index in [0.717, 1.165) is 99.2 Å². The summed E-state index contributed by atoms with van der Waals surface area (Å²) in [5.41, 5.74) is 12.8. The van der Waals surface area contributed by atoms with Crippen LogP contribution >= 0.6 is 0 Å². The maximum atomic E-state index is 10.9. The Morgan fingerprint density at radius 3 is 1.74 bits per heavy atom. The lowest BCUT2D eigenvalue weighted by Gasteiger charge is -2.15. The van der Waals surface area contributed by atoms with Crippen LogP contribution in [0.4, 0.5) is 0 Å². The fourth-order valence-electron chi connectivity index (χ4n) is 8.57. The highest BCUT2D eigenvalue weighted by Crippen LogP contribution is 2.49. The van der Waals surface area contributed by atoms with Gasteiger partial charge in [-0.3, -0.25) is 0 Å². The molecule has 0 spiro atoms. The first-order chi connectivity index (χ1) is 26.3. The van der Waals surface area contributed by atoms with Crippen molar-refractivity contribution in [3.8, 4) is 39.7 Å². The maximum absolute atomic E-state index is 10.9. The van der Waals surface area contributed by atoms with Gasteiger partial charge in [0.1, 0.15) is 17.2 Å². The summed E-state index contributed by atoms with van der Waals surface area (Å²) in [5, 5.41) is 17.5. The first-order valence-corrected chi connectivity index (χ1v) is 17.8. The van der Waals surface area contributed by atoms with Crippen molar-refractivity contribution in [2.75, 3.05) is 0 Å². The molecule has 0 N–H and O–H groups in total. The van der Waals surface area contributed by atoms with Gasteiger partial charge < -0.3 is 13.6 Å². The molecular weight excluding hydrogens is 647 g/mol. The molecule has 4 nitrogen and oxygen atoms in total. The molecular formula is C49H29N3O. The predicted molar refractivity (Wildman–Crippen MR) is 218 cm³/mol. The van der Waals surface area contributed by atoms with E-state index in [2.05, 4.69) is 173 Å². The van der Waals surface area contributed by atoms with Gasteiger partial charge in [0, 0.05) is 27.2 Å². The minimum Gasteiger partial charge on any atom is -0.455 e. The van der Waals surface area contributed by atoms with Crippen LogP contribution < -0.4 is 0 Å². The van der Waals surface area contributed by atoms with Gasteiger partial charge in [-0.15, -0.1) is 0 Å². The molecule has 11 aromatic rings. The van der Waals surface area contributed by atoms with Crippen molar-refractivity contribution >= 4 is 65.6 Å². The zero-order chi connectivity index (χ0) is 35.0. The van der Waals surface area contributed by atoms with Gasteiger partial charge in [0.2, 0.25) is 0 Å². The average molecular weight is 676 g/mol. The second-order valence-corrected chi connectivity index (χ2v) is 13.5. The molecule has 8 aromatic carbocycles. The van der Waals surface area contributed by atoms with Crippen LogP contribution in [0, 0.1) is 11.3 Å². The summed E-state index contributed by atoms with van der Waals surface area (Å²) < 4.78 is 11.6. The van der Waals surface area contributed by atoms with Crippen LogP contribution in [0.15, 0.2) is 180 Å². The number of para-hydroxylation sites is 4. The summed E-state index contributed by atoms with van der Waals surface area (Å²) in [6, 6.07) is 63.8. The Bertz CT molecular complexity index is 3280. The molecule has 4 heteroatoms. The normalized spacial score (nSPS) is 11.8. The summed E-state index contributed by atoms with van der Waals surface area (Å²) >= 11 is 0. The second kappa shape index (κ2) is 11.3. The van der Waals surface area contributed by atoms with E-state index >= 15 is 0 Å². The molecule has 0 aliphatic carbocycles. The number of hydrogen-bond acceptors (Lipinski definition) is 2. The Hall–Kier alpha value is -7.35. The molecule has 0 unspecified atom stereocenters. The van der Waals surface area contributed by atoms with Crippen molar-refractivity contribution in [3.63, 3.8) is 0 Å². The minimum absolute atomic E-state index is 0.595. The highest BCUT2D eigenvalue weighted by Gasteiger charge is 2.28. The van der Waals surface area contributed by atoms with E-state index in [4.69, 9.17) is 4.42 Å². The van der Waals surface area contributed by atoms with Crippen LogP contribution in [0.2, 0.25) is 0 Å². The van der Waals surface area contributed by atoms with Gasteiger partial charge in [0.05, 0.1) is 44.1 Å². The SMILES string of the molecule is N#Cc1cc(-c2ccccc2-c2ccccc2)ccc1-n1c2ccccc2c2c3oc4ccccc4c3c3c(c4ccccc4n3-c3ccccc3)c21. The number of furan rings is 1. The molecule has 0 fully saturated rings. The van der Waals surface area contributed by atoms with Crippen LogP contribution in [0.5, 0.6) is 0 Å². The van der Waals surface area contributed by atoms with Gasteiger partial charge in [0.25, 0.3) is 0 Å². The van der Waals surface area contributed by atoms with Crippen LogP contribution in [0.25, 0.3) is 99.2 Å². The lowest BCUT2D eigenvalue weighted by Crippen LogP contribution is -1.99. The van der Waals surface area contributed by atoms with Crippen molar-refractivity contribution in [2.24, 2.45) is 0 Å². The third-order valence-corrected chi connectivity index (χ3v) is 10.7. The Labute approximate surface area is 304 Å². The van der Waals surface area contributed by atoms with Crippen molar-refractivity contribution < 1.29 is 4.42 Å². The molecule has 11 rings (SSSR count). The standard InChI is InChI=1S/C49H29N3O/c50-30-33-29-32(36-20-8-7-19-35(36)31-15-3-1-4-16-31)27-28-40(33)52-42-25-13-10-22-38(42)45-48(52)44-37-21-9-12-24-41(37)51(34-17-5-2-6-18-34)47(44)46-39-23-11-14-26-43(39)53-49(45)46/h1-29H. The quantitative estimate of drug-likeness (QED) is 0.186. The highest BCUT2D eigenvalue weighted by molar-refractivity contribution is 6.39. The number of nitriles is 1. The lowest BCUT2D eigenvalue weighted by atomic mass is 9.93. The molecule has 3 heterocycles. The van der Waals surface area contributed by atoms with Gasteiger partial charge in [-0.25, -0.2) is 0 Å². The van der Waals surface area contributed by atoms with Crippen LogP contribution in [-0.4, -0.2) is 9.13 Å². The summed E-state index contributed by atoms with van der Waals surface area (Å²) in [4.78, 5) is 0. The molecule has 0 atom stereocenters. The fraction of sp³-hybridized carbons (Fsp3) is 0. The number of rotatable bonds is 4. The molecule has 0 saturated heterocycles. The van der Waals surface area contributed by atoms with E-state index in [1.54, 1.807) is 0 Å². The second-order valence-electron chi connectivity index (χ2n) is 13.5. The first kappa shape index (κ1) is 29.4.